The number of carbonyl (C=O) groups excluding carboxylic acids is 1. The molecule has 0 bridgehead atoms. The molecule has 3 nitrogen and oxygen atoms in total. The van der Waals surface area contributed by atoms with Gasteiger partial charge in [-0.1, -0.05) is 33.1 Å². The minimum absolute atomic E-state index is 0.0888. The third kappa shape index (κ3) is 3.21. The molecule has 1 amide bonds. The second-order valence-electron chi connectivity index (χ2n) is 5.55. The molecule has 2 unspecified atom stereocenters. The van der Waals surface area contributed by atoms with Gasteiger partial charge in [0, 0.05) is 6.54 Å². The maximum Gasteiger partial charge on any atom is 0.241 e. The second-order valence-corrected chi connectivity index (χ2v) is 5.55. The largest absolute Gasteiger partial charge is 0.326 e. The van der Waals surface area contributed by atoms with Gasteiger partial charge in [0.05, 0.1) is 12.2 Å². The molecule has 2 atom stereocenters. The molecule has 1 N–H and O–H groups in total. The number of rotatable bonds is 7. The Morgan fingerprint density at radius 3 is 2.65 bits per heavy atom. The van der Waals surface area contributed by atoms with Gasteiger partial charge in [-0.25, -0.2) is 0 Å². The van der Waals surface area contributed by atoms with Crippen molar-refractivity contribution in [1.82, 2.24) is 10.2 Å². The average Bonchev–Trinajstić information content (AvgIpc) is 3.09. The molecule has 1 aliphatic carbocycles. The standard InChI is InChI=1S/C14H26N2O/c1-3-6-12-14(17)16(13(4-2)15-12)10-5-7-11-8-9-11/h11-13,15H,3-10H2,1-2H3. The van der Waals surface area contributed by atoms with Crippen molar-refractivity contribution in [3.8, 4) is 0 Å². The van der Waals surface area contributed by atoms with E-state index in [4.69, 9.17) is 0 Å². The summed E-state index contributed by atoms with van der Waals surface area (Å²) in [7, 11) is 0. The summed E-state index contributed by atoms with van der Waals surface area (Å²) in [5.41, 5.74) is 0. The Balaban J connectivity index is 1.81. The first kappa shape index (κ1) is 12.9. The smallest absolute Gasteiger partial charge is 0.241 e. The van der Waals surface area contributed by atoms with Crippen LogP contribution in [0.2, 0.25) is 0 Å². The Morgan fingerprint density at radius 1 is 1.29 bits per heavy atom. The van der Waals surface area contributed by atoms with Crippen LogP contribution in [0, 0.1) is 5.92 Å². The molecule has 0 aromatic carbocycles. The average molecular weight is 238 g/mol. The van der Waals surface area contributed by atoms with Crippen molar-refractivity contribution in [2.24, 2.45) is 5.92 Å². The van der Waals surface area contributed by atoms with E-state index in [-0.39, 0.29) is 6.04 Å². The molecule has 0 spiro atoms. The van der Waals surface area contributed by atoms with Crippen LogP contribution in [-0.4, -0.2) is 29.6 Å². The maximum absolute atomic E-state index is 12.2. The summed E-state index contributed by atoms with van der Waals surface area (Å²) < 4.78 is 0. The number of amides is 1. The Hall–Kier alpha value is -0.570. The molecule has 0 radical (unpaired) electrons. The van der Waals surface area contributed by atoms with Gasteiger partial charge in [0.15, 0.2) is 0 Å². The van der Waals surface area contributed by atoms with Crippen LogP contribution < -0.4 is 5.32 Å². The van der Waals surface area contributed by atoms with E-state index >= 15 is 0 Å². The molecule has 1 saturated heterocycles. The first-order chi connectivity index (χ1) is 8.26. The molecule has 3 heteroatoms. The van der Waals surface area contributed by atoms with Crippen molar-refractivity contribution < 1.29 is 4.79 Å². The van der Waals surface area contributed by atoms with Crippen molar-refractivity contribution in [3.05, 3.63) is 0 Å². The minimum Gasteiger partial charge on any atom is -0.326 e. The monoisotopic (exact) mass is 238 g/mol. The fourth-order valence-corrected chi connectivity index (χ4v) is 2.80. The molecule has 2 fully saturated rings. The zero-order chi connectivity index (χ0) is 12.3. The van der Waals surface area contributed by atoms with Gasteiger partial charge < -0.3 is 4.90 Å². The summed E-state index contributed by atoms with van der Waals surface area (Å²) in [6, 6.07) is 0.0888. The zero-order valence-corrected chi connectivity index (χ0v) is 11.2. The Morgan fingerprint density at radius 2 is 2.06 bits per heavy atom. The normalized spacial score (nSPS) is 29.1. The molecule has 0 aromatic heterocycles. The van der Waals surface area contributed by atoms with E-state index in [1.807, 2.05) is 0 Å². The summed E-state index contributed by atoms with van der Waals surface area (Å²) in [6.45, 7) is 5.26. The highest BCUT2D eigenvalue weighted by Gasteiger charge is 2.36. The van der Waals surface area contributed by atoms with Crippen LogP contribution in [0.15, 0.2) is 0 Å². The molecule has 1 aliphatic heterocycles. The van der Waals surface area contributed by atoms with E-state index in [2.05, 4.69) is 24.1 Å². The van der Waals surface area contributed by atoms with E-state index in [1.54, 1.807) is 0 Å². The second kappa shape index (κ2) is 5.85. The molecule has 17 heavy (non-hydrogen) atoms. The number of nitrogens with zero attached hydrogens (tertiary/aromatic N) is 1. The van der Waals surface area contributed by atoms with Crippen LogP contribution in [0.5, 0.6) is 0 Å². The van der Waals surface area contributed by atoms with Crippen molar-refractivity contribution in [2.75, 3.05) is 6.54 Å². The number of hydrogen-bond acceptors (Lipinski definition) is 2. The molecule has 2 aliphatic rings. The van der Waals surface area contributed by atoms with Gasteiger partial charge in [-0.3, -0.25) is 10.1 Å². The Kier molecular flexibility index (Phi) is 4.43. The Bertz CT molecular complexity index is 263. The van der Waals surface area contributed by atoms with Crippen molar-refractivity contribution in [1.29, 1.82) is 0 Å². The van der Waals surface area contributed by atoms with Gasteiger partial charge in [-0.05, 0) is 31.6 Å². The van der Waals surface area contributed by atoms with Crippen LogP contribution in [0.1, 0.15) is 58.8 Å². The van der Waals surface area contributed by atoms with Crippen LogP contribution in [0.3, 0.4) is 0 Å². The fraction of sp³-hybridized carbons (Fsp3) is 0.929. The summed E-state index contributed by atoms with van der Waals surface area (Å²) in [4.78, 5) is 14.3. The van der Waals surface area contributed by atoms with Crippen LogP contribution in [0.4, 0.5) is 0 Å². The van der Waals surface area contributed by atoms with Gasteiger partial charge in [-0.15, -0.1) is 0 Å². The summed E-state index contributed by atoms with van der Waals surface area (Å²) in [5.74, 6) is 1.32. The molecular weight excluding hydrogens is 212 g/mol. The molecule has 98 valence electrons. The molecule has 0 aromatic rings. The van der Waals surface area contributed by atoms with Gasteiger partial charge in [-0.2, -0.15) is 0 Å². The predicted octanol–water partition coefficient (Wildman–Crippen LogP) is 2.51. The fourth-order valence-electron chi connectivity index (χ4n) is 2.80. The summed E-state index contributed by atoms with van der Waals surface area (Å²) in [6.07, 6.45) is 8.72. The van der Waals surface area contributed by atoms with E-state index in [1.165, 1.54) is 25.7 Å². The van der Waals surface area contributed by atoms with E-state index in [9.17, 15) is 4.79 Å². The van der Waals surface area contributed by atoms with Crippen LogP contribution in [0.25, 0.3) is 0 Å². The van der Waals surface area contributed by atoms with Crippen molar-refractivity contribution in [3.63, 3.8) is 0 Å². The lowest BCUT2D eigenvalue weighted by atomic mass is 10.1. The predicted molar refractivity (Wildman–Crippen MR) is 69.6 cm³/mol. The zero-order valence-electron chi connectivity index (χ0n) is 11.2. The summed E-state index contributed by atoms with van der Waals surface area (Å²) >= 11 is 0. The number of nitrogens with one attached hydrogen (secondary N) is 1. The quantitative estimate of drug-likeness (QED) is 0.739. The number of carbonyl (C=O) groups is 1. The topological polar surface area (TPSA) is 32.3 Å². The molecular formula is C14H26N2O. The maximum atomic E-state index is 12.2. The first-order valence-corrected chi connectivity index (χ1v) is 7.32. The SMILES string of the molecule is CCCC1NC(CC)N(CCCC2CC2)C1=O. The third-order valence-electron chi connectivity index (χ3n) is 4.02. The van der Waals surface area contributed by atoms with Gasteiger partial charge >= 0.3 is 0 Å². The molecule has 1 saturated carbocycles. The lowest BCUT2D eigenvalue weighted by Crippen LogP contribution is -2.37. The van der Waals surface area contributed by atoms with Gasteiger partial charge in [0.25, 0.3) is 0 Å². The highest BCUT2D eigenvalue weighted by atomic mass is 16.2. The van der Waals surface area contributed by atoms with E-state index in [0.29, 0.717) is 12.1 Å². The van der Waals surface area contributed by atoms with Crippen molar-refractivity contribution >= 4 is 5.91 Å². The molecule has 1 heterocycles. The van der Waals surface area contributed by atoms with Gasteiger partial charge in [0.1, 0.15) is 0 Å². The van der Waals surface area contributed by atoms with Gasteiger partial charge in [0.2, 0.25) is 5.91 Å². The van der Waals surface area contributed by atoms with E-state index < -0.39 is 0 Å². The first-order valence-electron chi connectivity index (χ1n) is 7.32. The van der Waals surface area contributed by atoms with Crippen LogP contribution >= 0.6 is 0 Å². The Labute approximate surface area is 105 Å². The lowest BCUT2D eigenvalue weighted by Gasteiger charge is -2.22. The van der Waals surface area contributed by atoms with E-state index in [0.717, 1.165) is 31.7 Å². The highest BCUT2D eigenvalue weighted by molar-refractivity contribution is 5.84. The van der Waals surface area contributed by atoms with Crippen molar-refractivity contribution in [2.45, 2.75) is 71.0 Å². The third-order valence-corrected chi connectivity index (χ3v) is 4.02. The molecule has 2 rings (SSSR count). The summed E-state index contributed by atoms with van der Waals surface area (Å²) in [5, 5.41) is 3.47. The minimum atomic E-state index is 0.0888. The van der Waals surface area contributed by atoms with Crippen LogP contribution in [-0.2, 0) is 4.79 Å². The number of hydrogen-bond donors (Lipinski definition) is 1. The lowest BCUT2D eigenvalue weighted by molar-refractivity contribution is -0.130. The highest BCUT2D eigenvalue weighted by Crippen LogP contribution is 2.33.